The lowest BCUT2D eigenvalue weighted by molar-refractivity contribution is 0.766. The van der Waals surface area contributed by atoms with Gasteiger partial charge >= 0.3 is 0 Å². The van der Waals surface area contributed by atoms with Crippen LogP contribution < -0.4 is 16.2 Å². The quantitative estimate of drug-likeness (QED) is 0.625. The Morgan fingerprint density at radius 3 is 2.70 bits per heavy atom. The molecular weight excluding hydrogens is 254 g/mol. The van der Waals surface area contributed by atoms with Gasteiger partial charge in [0.05, 0.1) is 6.20 Å². The molecule has 7 heteroatoms. The largest absolute Gasteiger partial charge is 0.355 e. The highest BCUT2D eigenvalue weighted by Gasteiger charge is 2.14. The molecule has 0 spiro atoms. The maximum Gasteiger partial charge on any atom is 0.148 e. The topological polar surface area (TPSA) is 84.9 Å². The number of nitrogens with zero attached hydrogens (tertiary/aromatic N) is 5. The van der Waals surface area contributed by atoms with Crippen molar-refractivity contribution in [3.63, 3.8) is 0 Å². The normalized spacial score (nSPS) is 10.7. The molecule has 2 heterocycles. The van der Waals surface area contributed by atoms with Gasteiger partial charge < -0.3 is 10.3 Å². The number of aromatic nitrogens is 4. The fraction of sp³-hybridized carbons (Fsp3) is 0.462. The highest BCUT2D eigenvalue weighted by atomic mass is 15.3. The van der Waals surface area contributed by atoms with E-state index in [0.29, 0.717) is 5.82 Å². The molecule has 20 heavy (non-hydrogen) atoms. The molecule has 0 aromatic carbocycles. The molecule has 2 rings (SSSR count). The van der Waals surface area contributed by atoms with Gasteiger partial charge in [0.25, 0.3) is 0 Å². The van der Waals surface area contributed by atoms with E-state index in [9.17, 15) is 0 Å². The van der Waals surface area contributed by atoms with Gasteiger partial charge in [0, 0.05) is 44.4 Å². The van der Waals surface area contributed by atoms with Crippen molar-refractivity contribution in [3.05, 3.63) is 29.3 Å². The summed E-state index contributed by atoms with van der Waals surface area (Å²) in [4.78, 5) is 11.0. The van der Waals surface area contributed by atoms with Crippen molar-refractivity contribution in [2.75, 3.05) is 17.4 Å². The number of aryl methyl sites for hydroxylation is 2. The van der Waals surface area contributed by atoms with Gasteiger partial charge in [-0.2, -0.15) is 5.10 Å². The van der Waals surface area contributed by atoms with Crippen LogP contribution in [0.25, 0.3) is 0 Å². The molecule has 0 aliphatic rings. The van der Waals surface area contributed by atoms with Crippen LogP contribution in [0.2, 0.25) is 0 Å². The summed E-state index contributed by atoms with van der Waals surface area (Å²) in [6, 6.07) is 0. The molecule has 0 saturated heterocycles. The first-order chi connectivity index (χ1) is 9.55. The Hall–Kier alpha value is -2.15. The Balaban J connectivity index is 2.30. The zero-order valence-corrected chi connectivity index (χ0v) is 12.4. The van der Waals surface area contributed by atoms with Gasteiger partial charge in [-0.1, -0.05) is 6.92 Å². The van der Waals surface area contributed by atoms with Gasteiger partial charge in [-0.25, -0.2) is 15.8 Å². The summed E-state index contributed by atoms with van der Waals surface area (Å²) in [6.07, 6.45) is 4.62. The minimum atomic E-state index is 0.671. The highest BCUT2D eigenvalue weighted by Crippen LogP contribution is 2.23. The number of rotatable bonds is 5. The first kappa shape index (κ1) is 14.3. The van der Waals surface area contributed by atoms with Crippen molar-refractivity contribution in [1.29, 1.82) is 0 Å². The molecule has 0 aliphatic carbocycles. The van der Waals surface area contributed by atoms with Gasteiger partial charge in [0.1, 0.15) is 17.5 Å². The SMILES string of the molecule is CCc1nc(NN)c(C)c(N(C)Cc2cnn(C)c2)n1. The molecule has 0 amide bonds. The Kier molecular flexibility index (Phi) is 4.19. The molecule has 2 aromatic rings. The number of hydrogen-bond acceptors (Lipinski definition) is 6. The maximum absolute atomic E-state index is 5.53. The first-order valence-electron chi connectivity index (χ1n) is 6.58. The maximum atomic E-state index is 5.53. The van der Waals surface area contributed by atoms with Crippen LogP contribution in [0.4, 0.5) is 11.6 Å². The lowest BCUT2D eigenvalue weighted by atomic mass is 10.2. The Labute approximate surface area is 118 Å². The van der Waals surface area contributed by atoms with Crippen LogP contribution in [0.5, 0.6) is 0 Å². The molecule has 2 aromatic heterocycles. The first-order valence-corrected chi connectivity index (χ1v) is 6.58. The van der Waals surface area contributed by atoms with Crippen molar-refractivity contribution < 1.29 is 0 Å². The summed E-state index contributed by atoms with van der Waals surface area (Å²) in [5, 5.41) is 4.18. The zero-order chi connectivity index (χ0) is 14.7. The second-order valence-corrected chi connectivity index (χ2v) is 4.81. The van der Waals surface area contributed by atoms with Crippen molar-refractivity contribution in [1.82, 2.24) is 19.7 Å². The minimum absolute atomic E-state index is 0.671. The highest BCUT2D eigenvalue weighted by molar-refractivity contribution is 5.58. The zero-order valence-electron chi connectivity index (χ0n) is 12.4. The third kappa shape index (κ3) is 2.88. The third-order valence-corrected chi connectivity index (χ3v) is 3.16. The summed E-state index contributed by atoms with van der Waals surface area (Å²) < 4.78 is 1.79. The summed E-state index contributed by atoms with van der Waals surface area (Å²) in [7, 11) is 3.91. The summed E-state index contributed by atoms with van der Waals surface area (Å²) in [5.41, 5.74) is 4.71. The van der Waals surface area contributed by atoms with E-state index in [0.717, 1.165) is 35.7 Å². The van der Waals surface area contributed by atoms with E-state index in [1.54, 1.807) is 4.68 Å². The number of nitrogens with two attached hydrogens (primary N) is 1. The molecule has 7 nitrogen and oxygen atoms in total. The Morgan fingerprint density at radius 2 is 2.15 bits per heavy atom. The van der Waals surface area contributed by atoms with E-state index in [-0.39, 0.29) is 0 Å². The number of hydrogen-bond donors (Lipinski definition) is 2. The average Bonchev–Trinajstić information content (AvgIpc) is 2.84. The predicted molar refractivity (Wildman–Crippen MR) is 79.3 cm³/mol. The van der Waals surface area contributed by atoms with Crippen LogP contribution in [0.15, 0.2) is 12.4 Å². The standard InChI is InChI=1S/C13H21N7/c1-5-11-16-12(18-14)9(2)13(17-11)19(3)7-10-6-15-20(4)8-10/h6,8H,5,7,14H2,1-4H3,(H,16,17,18). The fourth-order valence-electron chi connectivity index (χ4n) is 2.12. The second-order valence-electron chi connectivity index (χ2n) is 4.81. The fourth-order valence-corrected chi connectivity index (χ4v) is 2.12. The number of anilines is 2. The Morgan fingerprint density at radius 1 is 1.40 bits per heavy atom. The lowest BCUT2D eigenvalue weighted by Gasteiger charge is -2.21. The number of nitrogens with one attached hydrogen (secondary N) is 1. The van der Waals surface area contributed by atoms with Gasteiger partial charge in [0.15, 0.2) is 0 Å². The molecule has 0 unspecified atom stereocenters. The van der Waals surface area contributed by atoms with E-state index in [4.69, 9.17) is 5.84 Å². The van der Waals surface area contributed by atoms with Gasteiger partial charge in [-0.15, -0.1) is 0 Å². The minimum Gasteiger partial charge on any atom is -0.355 e. The van der Waals surface area contributed by atoms with Gasteiger partial charge in [0.2, 0.25) is 0 Å². The lowest BCUT2D eigenvalue weighted by Crippen LogP contribution is -2.22. The van der Waals surface area contributed by atoms with Crippen LogP contribution >= 0.6 is 0 Å². The van der Waals surface area contributed by atoms with E-state index < -0.39 is 0 Å². The van der Waals surface area contributed by atoms with E-state index in [2.05, 4.69) is 25.4 Å². The molecule has 3 N–H and O–H groups in total. The summed E-state index contributed by atoms with van der Waals surface area (Å²) >= 11 is 0. The molecule has 0 atom stereocenters. The Bertz CT molecular complexity index is 590. The number of nitrogen functional groups attached to an aromatic ring is 1. The van der Waals surface area contributed by atoms with Crippen molar-refractivity contribution in [2.24, 2.45) is 12.9 Å². The molecule has 0 fully saturated rings. The van der Waals surface area contributed by atoms with Crippen LogP contribution in [0, 0.1) is 6.92 Å². The molecular formula is C13H21N7. The molecule has 0 bridgehead atoms. The molecule has 0 radical (unpaired) electrons. The smallest absolute Gasteiger partial charge is 0.148 e. The monoisotopic (exact) mass is 275 g/mol. The summed E-state index contributed by atoms with van der Waals surface area (Å²) in [5.74, 6) is 7.86. The molecule has 108 valence electrons. The van der Waals surface area contributed by atoms with Crippen molar-refractivity contribution in [2.45, 2.75) is 26.8 Å². The van der Waals surface area contributed by atoms with E-state index >= 15 is 0 Å². The molecule has 0 aliphatic heterocycles. The molecule has 0 saturated carbocycles. The van der Waals surface area contributed by atoms with Gasteiger partial charge in [-0.3, -0.25) is 4.68 Å². The van der Waals surface area contributed by atoms with Crippen LogP contribution in [-0.2, 0) is 20.0 Å². The average molecular weight is 275 g/mol. The van der Waals surface area contributed by atoms with Crippen molar-refractivity contribution in [3.8, 4) is 0 Å². The van der Waals surface area contributed by atoms with Gasteiger partial charge in [-0.05, 0) is 6.92 Å². The van der Waals surface area contributed by atoms with Crippen molar-refractivity contribution >= 4 is 11.6 Å². The van der Waals surface area contributed by atoms with Crippen LogP contribution in [0.1, 0.15) is 23.9 Å². The van der Waals surface area contributed by atoms with Crippen LogP contribution in [-0.4, -0.2) is 26.8 Å². The number of hydrazine groups is 1. The predicted octanol–water partition coefficient (Wildman–Crippen LogP) is 1.00. The van der Waals surface area contributed by atoms with E-state index in [1.165, 1.54) is 0 Å². The third-order valence-electron chi connectivity index (χ3n) is 3.16. The second kappa shape index (κ2) is 5.87. The van der Waals surface area contributed by atoms with E-state index in [1.807, 2.05) is 40.3 Å². The summed E-state index contributed by atoms with van der Waals surface area (Å²) in [6.45, 7) is 4.72. The van der Waals surface area contributed by atoms with Crippen LogP contribution in [0.3, 0.4) is 0 Å².